The lowest BCUT2D eigenvalue weighted by Crippen LogP contribution is -2.20. The number of nitrogens with two attached hydrogens (primary N) is 1. The molecule has 2 atom stereocenters. The van der Waals surface area contributed by atoms with Gasteiger partial charge in [-0.15, -0.1) is 0 Å². The van der Waals surface area contributed by atoms with Gasteiger partial charge in [0.05, 0.1) is 16.2 Å². The lowest BCUT2D eigenvalue weighted by atomic mass is 10.1. The average Bonchev–Trinajstić information content (AvgIpc) is 3.45. The van der Waals surface area contributed by atoms with E-state index in [9.17, 15) is 4.39 Å². The van der Waals surface area contributed by atoms with E-state index in [1.54, 1.807) is 30.1 Å². The fraction of sp³-hybridized carbons (Fsp3) is 0.348. The Hall–Kier alpha value is -3.08. The van der Waals surface area contributed by atoms with Crippen molar-refractivity contribution in [2.45, 2.75) is 32.5 Å². The lowest BCUT2D eigenvalue weighted by Gasteiger charge is -2.22. The van der Waals surface area contributed by atoms with Crippen molar-refractivity contribution in [2.24, 2.45) is 7.05 Å². The number of anilines is 1. The van der Waals surface area contributed by atoms with Gasteiger partial charge in [0.2, 0.25) is 0 Å². The standard InChI is InChI=1S/C21H22Cl2FN5O2.C2H4O2/c1-11(30-17-5-12(7-27-21(17)25)13-8-28-29(2)10-13)18-19(22)15(24)6-16(20(18)23)31-14-3-4-26-9-14;1-2(3)4/h5-8,10-11,14,26H,3-4,9H2,1-2H3,(H2,25,27);1H3,(H,3,4). The molecular formula is C23H26Cl2FN5O4. The minimum absolute atomic E-state index is 0.0850. The molecular weight excluding hydrogens is 500 g/mol. The first-order valence-corrected chi connectivity index (χ1v) is 11.5. The molecule has 188 valence electrons. The highest BCUT2D eigenvalue weighted by molar-refractivity contribution is 6.37. The zero-order chi connectivity index (χ0) is 25.7. The number of nitrogen functional groups attached to an aromatic ring is 1. The Labute approximate surface area is 212 Å². The highest BCUT2D eigenvalue weighted by atomic mass is 35.5. The third kappa shape index (κ3) is 6.74. The molecule has 4 rings (SSSR count). The molecule has 12 heteroatoms. The Balaban J connectivity index is 0.000000795. The summed E-state index contributed by atoms with van der Waals surface area (Å²) in [4.78, 5) is 13.2. The van der Waals surface area contributed by atoms with Gasteiger partial charge in [0, 0.05) is 55.7 Å². The Morgan fingerprint density at radius 2 is 2.00 bits per heavy atom. The second kappa shape index (κ2) is 11.6. The zero-order valence-electron chi connectivity index (χ0n) is 19.4. The van der Waals surface area contributed by atoms with Gasteiger partial charge in [-0.1, -0.05) is 23.2 Å². The van der Waals surface area contributed by atoms with E-state index in [0.29, 0.717) is 12.3 Å². The van der Waals surface area contributed by atoms with Crippen LogP contribution in [0.15, 0.2) is 30.7 Å². The van der Waals surface area contributed by atoms with Gasteiger partial charge in [-0.2, -0.15) is 5.10 Å². The predicted octanol–water partition coefficient (Wildman–Crippen LogP) is 4.48. The highest BCUT2D eigenvalue weighted by Crippen LogP contribution is 2.42. The summed E-state index contributed by atoms with van der Waals surface area (Å²) in [7, 11) is 1.82. The summed E-state index contributed by atoms with van der Waals surface area (Å²) in [6.07, 6.45) is 5.20. The third-order valence-electron chi connectivity index (χ3n) is 5.10. The van der Waals surface area contributed by atoms with Crippen molar-refractivity contribution in [3.8, 4) is 22.6 Å². The molecule has 1 aliphatic rings. The number of nitrogens with one attached hydrogen (secondary N) is 1. The summed E-state index contributed by atoms with van der Waals surface area (Å²) in [5.74, 6) is -0.713. The molecule has 0 aliphatic carbocycles. The third-order valence-corrected chi connectivity index (χ3v) is 5.87. The van der Waals surface area contributed by atoms with Gasteiger partial charge in [-0.25, -0.2) is 9.37 Å². The van der Waals surface area contributed by atoms with E-state index < -0.39 is 17.9 Å². The van der Waals surface area contributed by atoms with Crippen LogP contribution in [0.3, 0.4) is 0 Å². The average molecular weight is 526 g/mol. The summed E-state index contributed by atoms with van der Waals surface area (Å²) in [5.41, 5.74) is 7.94. The van der Waals surface area contributed by atoms with Gasteiger partial charge < -0.3 is 25.6 Å². The normalized spacial score (nSPS) is 15.8. The fourth-order valence-corrected chi connectivity index (χ4v) is 4.18. The number of halogens is 3. The van der Waals surface area contributed by atoms with Crippen LogP contribution in [-0.4, -0.2) is 45.0 Å². The molecule has 3 heterocycles. The van der Waals surface area contributed by atoms with E-state index >= 15 is 0 Å². The molecule has 0 spiro atoms. The number of hydrogen-bond donors (Lipinski definition) is 3. The van der Waals surface area contributed by atoms with Crippen LogP contribution >= 0.6 is 23.2 Å². The molecule has 2 unspecified atom stereocenters. The number of carbonyl (C=O) groups is 1. The molecule has 0 amide bonds. The lowest BCUT2D eigenvalue weighted by molar-refractivity contribution is -0.134. The van der Waals surface area contributed by atoms with Gasteiger partial charge in [0.25, 0.3) is 5.97 Å². The molecule has 0 saturated carbocycles. The quantitative estimate of drug-likeness (QED) is 0.402. The molecule has 1 saturated heterocycles. The molecule has 9 nitrogen and oxygen atoms in total. The fourth-order valence-electron chi connectivity index (χ4n) is 3.48. The minimum atomic E-state index is -0.833. The number of benzene rings is 1. The first-order chi connectivity index (χ1) is 16.6. The van der Waals surface area contributed by atoms with Crippen LogP contribution in [0.1, 0.15) is 31.9 Å². The number of ether oxygens (including phenoxy) is 2. The number of pyridine rings is 1. The second-order valence-electron chi connectivity index (χ2n) is 7.92. The number of nitrogens with zero attached hydrogens (tertiary/aromatic N) is 3. The van der Waals surface area contributed by atoms with Crippen molar-refractivity contribution in [3.63, 3.8) is 0 Å². The molecule has 0 bridgehead atoms. The van der Waals surface area contributed by atoms with Crippen molar-refractivity contribution in [1.29, 1.82) is 0 Å². The van der Waals surface area contributed by atoms with E-state index in [4.69, 9.17) is 48.3 Å². The first-order valence-electron chi connectivity index (χ1n) is 10.7. The molecule has 1 aliphatic heterocycles. The van der Waals surface area contributed by atoms with Crippen LogP contribution < -0.4 is 20.5 Å². The first kappa shape index (κ1) is 26.5. The number of carboxylic acid groups (broad SMARTS) is 1. The zero-order valence-corrected chi connectivity index (χ0v) is 20.9. The maximum Gasteiger partial charge on any atom is 0.300 e. The maximum atomic E-state index is 14.6. The van der Waals surface area contributed by atoms with Crippen LogP contribution in [0.5, 0.6) is 11.5 Å². The van der Waals surface area contributed by atoms with Crippen molar-refractivity contribution in [1.82, 2.24) is 20.1 Å². The molecule has 4 N–H and O–H groups in total. The molecule has 1 aromatic carbocycles. The van der Waals surface area contributed by atoms with Gasteiger partial charge in [0.1, 0.15) is 23.8 Å². The van der Waals surface area contributed by atoms with Crippen molar-refractivity contribution < 1.29 is 23.8 Å². The number of aromatic nitrogens is 3. The Bertz CT molecular complexity index is 1200. The minimum Gasteiger partial charge on any atom is -0.487 e. The van der Waals surface area contributed by atoms with Crippen LogP contribution in [0, 0.1) is 5.82 Å². The van der Waals surface area contributed by atoms with E-state index in [2.05, 4.69) is 15.4 Å². The van der Waals surface area contributed by atoms with Crippen molar-refractivity contribution in [3.05, 3.63) is 52.1 Å². The Kier molecular flexibility index (Phi) is 8.76. The maximum absolute atomic E-state index is 14.6. The number of aryl methyl sites for hydroxylation is 1. The molecule has 3 aromatic rings. The Morgan fingerprint density at radius 3 is 2.60 bits per heavy atom. The van der Waals surface area contributed by atoms with Crippen LogP contribution in [-0.2, 0) is 11.8 Å². The SMILES string of the molecule is CC(=O)O.CC(Oc1cc(-c2cnn(C)c2)cnc1N)c1c(Cl)c(F)cc(OC2CCNC2)c1Cl. The largest absolute Gasteiger partial charge is 0.487 e. The second-order valence-corrected chi connectivity index (χ2v) is 8.68. The predicted molar refractivity (Wildman–Crippen MR) is 132 cm³/mol. The van der Waals surface area contributed by atoms with Crippen molar-refractivity contribution >= 4 is 35.0 Å². The summed E-state index contributed by atoms with van der Waals surface area (Å²) >= 11 is 12.8. The van der Waals surface area contributed by atoms with Gasteiger partial charge in [-0.3, -0.25) is 9.48 Å². The number of aliphatic carboxylic acids is 1. The van der Waals surface area contributed by atoms with Crippen LogP contribution in [0.25, 0.3) is 11.1 Å². The van der Waals surface area contributed by atoms with Crippen molar-refractivity contribution in [2.75, 3.05) is 18.8 Å². The molecule has 1 fully saturated rings. The number of carboxylic acids is 1. The van der Waals surface area contributed by atoms with E-state index in [1.165, 1.54) is 6.07 Å². The number of hydrogen-bond acceptors (Lipinski definition) is 7. The monoisotopic (exact) mass is 525 g/mol. The highest BCUT2D eigenvalue weighted by Gasteiger charge is 2.26. The Morgan fingerprint density at radius 1 is 1.29 bits per heavy atom. The smallest absolute Gasteiger partial charge is 0.300 e. The van der Waals surface area contributed by atoms with E-state index in [0.717, 1.165) is 31.0 Å². The van der Waals surface area contributed by atoms with E-state index in [-0.39, 0.29) is 33.3 Å². The summed E-state index contributed by atoms with van der Waals surface area (Å²) < 4.78 is 28.2. The summed E-state index contributed by atoms with van der Waals surface area (Å²) in [6.45, 7) is 4.30. The topological polar surface area (TPSA) is 125 Å². The van der Waals surface area contributed by atoms with Gasteiger partial charge >= 0.3 is 0 Å². The summed E-state index contributed by atoms with van der Waals surface area (Å²) in [6, 6.07) is 2.96. The van der Waals surface area contributed by atoms with Gasteiger partial charge in [-0.05, 0) is 26.0 Å². The van der Waals surface area contributed by atoms with E-state index in [1.807, 2.05) is 13.2 Å². The molecule has 35 heavy (non-hydrogen) atoms. The number of rotatable bonds is 6. The van der Waals surface area contributed by atoms with Crippen LogP contribution in [0.4, 0.5) is 10.2 Å². The summed E-state index contributed by atoms with van der Waals surface area (Å²) in [5, 5.41) is 14.9. The molecule has 2 aromatic heterocycles. The van der Waals surface area contributed by atoms with Gasteiger partial charge in [0.15, 0.2) is 11.6 Å². The van der Waals surface area contributed by atoms with Crippen LogP contribution in [0.2, 0.25) is 10.0 Å². The molecule has 0 radical (unpaired) electrons.